The predicted octanol–water partition coefficient (Wildman–Crippen LogP) is 1.62. The fourth-order valence-electron chi connectivity index (χ4n) is 2.46. The zero-order valence-corrected chi connectivity index (χ0v) is 22.0. The van der Waals surface area contributed by atoms with Crippen molar-refractivity contribution >= 4 is 17.9 Å². The third-order valence-electron chi connectivity index (χ3n) is 4.01. The van der Waals surface area contributed by atoms with E-state index in [1.807, 2.05) is 0 Å². The van der Waals surface area contributed by atoms with Crippen molar-refractivity contribution in [3.8, 4) is 0 Å². The molecule has 0 aliphatic carbocycles. The molecular formula is C24H44O12. The molecule has 0 aromatic rings. The average molecular weight is 525 g/mol. The molecule has 0 bridgehead atoms. The summed E-state index contributed by atoms with van der Waals surface area (Å²) in [7, 11) is 0. The smallest absolute Gasteiger partial charge is 0.332 e. The Morgan fingerprint density at radius 1 is 0.556 bits per heavy atom. The van der Waals surface area contributed by atoms with Crippen molar-refractivity contribution in [3.63, 3.8) is 0 Å². The first-order valence-electron chi connectivity index (χ1n) is 12.3. The summed E-state index contributed by atoms with van der Waals surface area (Å²) in [5.74, 6) is -1.62. The number of carboxylic acid groups (broad SMARTS) is 1. The Balaban J connectivity index is 3.19. The normalized spacial score (nSPS) is 11.4. The number of carbonyl (C=O) groups excluding carboxylic acids is 2. The van der Waals surface area contributed by atoms with Gasteiger partial charge in [-0.1, -0.05) is 0 Å². The van der Waals surface area contributed by atoms with Gasteiger partial charge in [-0.15, -0.1) is 0 Å². The second-order valence-electron chi connectivity index (χ2n) is 8.52. The van der Waals surface area contributed by atoms with E-state index in [0.29, 0.717) is 78.9 Å². The number of hydrogen-bond donors (Lipinski definition) is 1. The highest BCUT2D eigenvalue weighted by atomic mass is 16.6. The molecular weight excluding hydrogens is 480 g/mol. The standard InChI is InChI=1S/C24H44O12/c1-24(2,3)36-23(28)20-34-17-16-32-13-12-30-9-8-29-10-11-31-14-15-33-18-19-35-22(27)7-5-4-6-21(25)26/h4-20H2,1-3H3,(H,25,26). The molecule has 0 atom stereocenters. The Hall–Kier alpha value is -1.83. The van der Waals surface area contributed by atoms with Crippen molar-refractivity contribution < 1.29 is 57.4 Å². The Morgan fingerprint density at radius 2 is 0.944 bits per heavy atom. The summed E-state index contributed by atoms with van der Waals surface area (Å²) in [4.78, 5) is 33.2. The predicted molar refractivity (Wildman–Crippen MR) is 128 cm³/mol. The summed E-state index contributed by atoms with van der Waals surface area (Å²) in [5.41, 5.74) is -0.518. The molecule has 0 aliphatic rings. The van der Waals surface area contributed by atoms with E-state index in [-0.39, 0.29) is 38.6 Å². The molecule has 1 N–H and O–H groups in total. The first kappa shape index (κ1) is 34.2. The molecule has 0 heterocycles. The number of hydrogen-bond acceptors (Lipinski definition) is 11. The fourth-order valence-corrected chi connectivity index (χ4v) is 2.46. The van der Waals surface area contributed by atoms with Crippen LogP contribution < -0.4 is 0 Å². The van der Waals surface area contributed by atoms with Crippen LogP contribution in [-0.4, -0.2) is 115 Å². The monoisotopic (exact) mass is 524 g/mol. The minimum Gasteiger partial charge on any atom is -0.481 e. The Bertz CT molecular complexity index is 562. The number of carbonyl (C=O) groups is 3. The van der Waals surface area contributed by atoms with Crippen molar-refractivity contribution in [2.75, 3.05) is 85.9 Å². The van der Waals surface area contributed by atoms with Crippen LogP contribution in [0.15, 0.2) is 0 Å². The second-order valence-corrected chi connectivity index (χ2v) is 8.52. The number of esters is 2. The third kappa shape index (κ3) is 28.4. The summed E-state index contributed by atoms with van der Waals surface area (Å²) in [6, 6.07) is 0. The number of aliphatic carboxylic acids is 1. The molecule has 12 nitrogen and oxygen atoms in total. The van der Waals surface area contributed by atoms with Crippen LogP contribution >= 0.6 is 0 Å². The van der Waals surface area contributed by atoms with Crippen molar-refractivity contribution in [3.05, 3.63) is 0 Å². The first-order valence-corrected chi connectivity index (χ1v) is 12.3. The zero-order chi connectivity index (χ0) is 26.9. The molecule has 0 fully saturated rings. The van der Waals surface area contributed by atoms with Crippen molar-refractivity contribution in [1.29, 1.82) is 0 Å². The average Bonchev–Trinajstić information content (AvgIpc) is 2.79. The van der Waals surface area contributed by atoms with Crippen molar-refractivity contribution in [1.82, 2.24) is 0 Å². The topological polar surface area (TPSA) is 145 Å². The Morgan fingerprint density at radius 3 is 1.36 bits per heavy atom. The van der Waals surface area contributed by atoms with Crippen LogP contribution in [0.2, 0.25) is 0 Å². The van der Waals surface area contributed by atoms with Gasteiger partial charge in [-0.25, -0.2) is 4.79 Å². The summed E-state index contributed by atoms with van der Waals surface area (Å²) < 4.78 is 42.1. The molecule has 0 aliphatic heterocycles. The molecule has 0 unspecified atom stereocenters. The Labute approximate surface area is 213 Å². The van der Waals surface area contributed by atoms with Crippen LogP contribution in [0, 0.1) is 0 Å². The maximum atomic E-state index is 11.4. The lowest BCUT2D eigenvalue weighted by Gasteiger charge is -2.19. The largest absolute Gasteiger partial charge is 0.481 e. The highest BCUT2D eigenvalue weighted by Crippen LogP contribution is 2.06. The van der Waals surface area contributed by atoms with Crippen LogP contribution in [0.1, 0.15) is 46.5 Å². The van der Waals surface area contributed by atoms with Crippen LogP contribution in [0.4, 0.5) is 0 Å². The van der Waals surface area contributed by atoms with E-state index in [1.165, 1.54) is 0 Å². The fraction of sp³-hybridized carbons (Fsp3) is 0.875. The van der Waals surface area contributed by atoms with E-state index in [1.54, 1.807) is 20.8 Å². The first-order chi connectivity index (χ1) is 17.2. The SMILES string of the molecule is CC(C)(C)OC(=O)COCCOCCOCCOCCOCCOCCOC(=O)CCCCC(=O)O. The van der Waals surface area contributed by atoms with Gasteiger partial charge < -0.3 is 43.0 Å². The quantitative estimate of drug-likeness (QED) is 0.137. The second kappa shape index (κ2) is 23.6. The third-order valence-corrected chi connectivity index (χ3v) is 4.01. The zero-order valence-electron chi connectivity index (χ0n) is 22.0. The van der Waals surface area contributed by atoms with Gasteiger partial charge in [-0.3, -0.25) is 9.59 Å². The van der Waals surface area contributed by atoms with Crippen LogP contribution in [0.3, 0.4) is 0 Å². The highest BCUT2D eigenvalue weighted by molar-refractivity contribution is 5.71. The number of rotatable bonds is 25. The lowest BCUT2D eigenvalue weighted by molar-refractivity contribution is -0.160. The molecule has 0 spiro atoms. The van der Waals surface area contributed by atoms with E-state index in [9.17, 15) is 14.4 Å². The van der Waals surface area contributed by atoms with Gasteiger partial charge in [0, 0.05) is 12.8 Å². The van der Waals surface area contributed by atoms with Crippen LogP contribution in [0.25, 0.3) is 0 Å². The lowest BCUT2D eigenvalue weighted by atomic mass is 10.2. The van der Waals surface area contributed by atoms with Gasteiger partial charge in [0.05, 0.1) is 72.7 Å². The summed E-state index contributed by atoms with van der Waals surface area (Å²) in [6.45, 7) is 9.82. The van der Waals surface area contributed by atoms with Gasteiger partial charge in [0.15, 0.2) is 0 Å². The maximum absolute atomic E-state index is 11.4. The van der Waals surface area contributed by atoms with Gasteiger partial charge in [0.25, 0.3) is 0 Å². The lowest BCUT2D eigenvalue weighted by Crippen LogP contribution is -2.27. The van der Waals surface area contributed by atoms with E-state index in [0.717, 1.165) is 0 Å². The molecule has 0 saturated heterocycles. The molecule has 0 radical (unpaired) electrons. The molecule has 0 rings (SSSR count). The Kier molecular flexibility index (Phi) is 22.4. The van der Waals surface area contributed by atoms with Crippen molar-refractivity contribution in [2.24, 2.45) is 0 Å². The van der Waals surface area contributed by atoms with Crippen LogP contribution in [0.5, 0.6) is 0 Å². The number of carboxylic acids is 1. The van der Waals surface area contributed by atoms with Gasteiger partial charge in [-0.05, 0) is 33.6 Å². The summed E-state index contributed by atoms with van der Waals surface area (Å²) >= 11 is 0. The molecule has 0 amide bonds. The maximum Gasteiger partial charge on any atom is 0.332 e. The van der Waals surface area contributed by atoms with Crippen molar-refractivity contribution in [2.45, 2.75) is 52.1 Å². The van der Waals surface area contributed by atoms with Gasteiger partial charge in [0.1, 0.15) is 18.8 Å². The molecule has 0 aromatic heterocycles. The van der Waals surface area contributed by atoms with E-state index in [4.69, 9.17) is 43.0 Å². The van der Waals surface area contributed by atoms with Gasteiger partial charge in [-0.2, -0.15) is 0 Å². The summed E-state index contributed by atoms with van der Waals surface area (Å²) in [5, 5.41) is 8.52. The molecule has 212 valence electrons. The molecule has 0 aromatic carbocycles. The minimum absolute atomic E-state index is 0.0586. The van der Waals surface area contributed by atoms with E-state index < -0.39 is 17.5 Å². The van der Waals surface area contributed by atoms with Gasteiger partial charge >= 0.3 is 17.9 Å². The minimum atomic E-state index is -0.865. The van der Waals surface area contributed by atoms with Gasteiger partial charge in [0.2, 0.25) is 0 Å². The number of ether oxygens (including phenoxy) is 8. The summed E-state index contributed by atoms with van der Waals surface area (Å²) in [6.07, 6.45) is 1.23. The van der Waals surface area contributed by atoms with E-state index >= 15 is 0 Å². The molecule has 0 saturated carbocycles. The molecule has 36 heavy (non-hydrogen) atoms. The van der Waals surface area contributed by atoms with Crippen LogP contribution in [-0.2, 0) is 52.3 Å². The number of unbranched alkanes of at least 4 members (excludes halogenated alkanes) is 1. The highest BCUT2D eigenvalue weighted by Gasteiger charge is 2.15. The molecule has 12 heteroatoms. The van der Waals surface area contributed by atoms with E-state index in [2.05, 4.69) is 0 Å².